The summed E-state index contributed by atoms with van der Waals surface area (Å²) in [5, 5.41) is 15.9. The molecule has 3 N–H and O–H groups in total. The van der Waals surface area contributed by atoms with Crippen molar-refractivity contribution < 1.29 is 23.2 Å². The van der Waals surface area contributed by atoms with Crippen molar-refractivity contribution in [2.24, 2.45) is 5.92 Å². The van der Waals surface area contributed by atoms with Crippen molar-refractivity contribution in [3.63, 3.8) is 0 Å². The first-order valence-corrected chi connectivity index (χ1v) is 12.2. The number of hydrogen-bond donors (Lipinski definition) is 3. The van der Waals surface area contributed by atoms with Gasteiger partial charge in [0.2, 0.25) is 10.0 Å². The summed E-state index contributed by atoms with van der Waals surface area (Å²) in [6, 6.07) is 12.6. The van der Waals surface area contributed by atoms with Crippen molar-refractivity contribution >= 4 is 15.9 Å². The van der Waals surface area contributed by atoms with E-state index in [1.165, 1.54) is 16.4 Å². The molecular weight excluding hydrogens is 444 g/mol. The van der Waals surface area contributed by atoms with Gasteiger partial charge in [-0.1, -0.05) is 25.5 Å². The molecule has 1 aliphatic rings. The zero-order chi connectivity index (χ0) is 23.4. The maximum atomic E-state index is 13.4. The van der Waals surface area contributed by atoms with Gasteiger partial charge >= 0.3 is 0 Å². The van der Waals surface area contributed by atoms with Crippen molar-refractivity contribution in [2.45, 2.75) is 37.1 Å². The lowest BCUT2D eigenvalue weighted by atomic mass is 9.97. The molecule has 1 amide bonds. The molecule has 174 valence electrons. The highest BCUT2D eigenvalue weighted by Gasteiger charge is 2.40. The topological polar surface area (TPSA) is 125 Å². The number of benzene rings is 2. The fourth-order valence-electron chi connectivity index (χ4n) is 4.12. The summed E-state index contributed by atoms with van der Waals surface area (Å²) in [5.74, 6) is 0.159. The quantitative estimate of drug-likeness (QED) is 0.374. The molecule has 2 aromatic carbocycles. The van der Waals surface area contributed by atoms with Crippen molar-refractivity contribution in [3.8, 4) is 22.6 Å². The van der Waals surface area contributed by atoms with Crippen LogP contribution in [0.1, 0.15) is 26.2 Å². The van der Waals surface area contributed by atoms with Gasteiger partial charge < -0.3 is 4.74 Å². The molecule has 0 radical (unpaired) electrons. The molecule has 0 saturated carbocycles. The van der Waals surface area contributed by atoms with E-state index in [1.807, 2.05) is 31.2 Å². The van der Waals surface area contributed by atoms with E-state index in [0.717, 1.165) is 17.5 Å². The van der Waals surface area contributed by atoms with E-state index in [2.05, 4.69) is 10.2 Å². The van der Waals surface area contributed by atoms with E-state index in [9.17, 15) is 13.2 Å². The van der Waals surface area contributed by atoms with Crippen LogP contribution in [-0.2, 0) is 14.8 Å². The summed E-state index contributed by atoms with van der Waals surface area (Å²) in [7, 11) is -3.95. The molecule has 1 aliphatic heterocycles. The Morgan fingerprint density at radius 3 is 2.36 bits per heavy atom. The number of amides is 1. The molecule has 2 heterocycles. The van der Waals surface area contributed by atoms with Crippen LogP contribution in [0.4, 0.5) is 0 Å². The molecule has 2 atom stereocenters. The normalized spacial score (nSPS) is 19.6. The molecule has 4 rings (SSSR count). The lowest BCUT2D eigenvalue weighted by molar-refractivity contribution is -0.134. The van der Waals surface area contributed by atoms with Gasteiger partial charge in [-0.3, -0.25) is 15.1 Å². The minimum absolute atomic E-state index is 0.0648. The summed E-state index contributed by atoms with van der Waals surface area (Å²) >= 11 is 0. The second-order valence-corrected chi connectivity index (χ2v) is 9.99. The molecule has 1 saturated heterocycles. The molecule has 10 heteroatoms. The second kappa shape index (κ2) is 9.74. The predicted octanol–water partition coefficient (Wildman–Crippen LogP) is 3.55. The minimum atomic E-state index is -3.95. The Kier molecular flexibility index (Phi) is 6.77. The summed E-state index contributed by atoms with van der Waals surface area (Å²) in [5.41, 5.74) is 3.58. The van der Waals surface area contributed by atoms with E-state index in [4.69, 9.17) is 9.94 Å². The Morgan fingerprint density at radius 2 is 1.76 bits per heavy atom. The zero-order valence-electron chi connectivity index (χ0n) is 18.1. The first kappa shape index (κ1) is 23.0. The summed E-state index contributed by atoms with van der Waals surface area (Å²) in [6.07, 6.45) is 5.70. The monoisotopic (exact) mass is 470 g/mol. The Bertz CT molecular complexity index is 1180. The highest BCUT2D eigenvalue weighted by atomic mass is 32.2. The smallest absolute Gasteiger partial charge is 0.262 e. The van der Waals surface area contributed by atoms with Gasteiger partial charge in [0.05, 0.1) is 11.1 Å². The number of rotatable bonds is 6. The third kappa shape index (κ3) is 4.92. The number of aromatic nitrogens is 2. The third-order valence-electron chi connectivity index (χ3n) is 5.87. The first-order chi connectivity index (χ1) is 15.9. The van der Waals surface area contributed by atoms with Crippen LogP contribution in [0.15, 0.2) is 65.8 Å². The molecular formula is C23H26N4O5S. The molecule has 1 unspecified atom stereocenters. The largest absolute Gasteiger partial charge is 0.457 e. The lowest BCUT2D eigenvalue weighted by Gasteiger charge is -2.30. The number of ether oxygens (including phenoxy) is 1. The first-order valence-electron chi connectivity index (χ1n) is 10.7. The Hall–Kier alpha value is -3.21. The average molecular weight is 471 g/mol. The molecule has 33 heavy (non-hydrogen) atoms. The standard InChI is InChI=1S/C23H26N4O5S/c1-16-4-2-3-13-27(22(16)23(28)26-29)33(30,31)21-11-9-20(10-12-21)32-19-7-5-17(6-8-19)18-14-24-25-15-18/h5-12,14-16,22,29H,2-4,13H2,1H3,(H,24,25)(H,26,28)/t16-,22?/m0/s1. The van der Waals surface area contributed by atoms with Gasteiger partial charge in [0.25, 0.3) is 5.91 Å². The fourth-order valence-corrected chi connectivity index (χ4v) is 5.84. The third-order valence-corrected chi connectivity index (χ3v) is 7.76. The Morgan fingerprint density at radius 1 is 1.09 bits per heavy atom. The van der Waals surface area contributed by atoms with Crippen LogP contribution in [0.2, 0.25) is 0 Å². The lowest BCUT2D eigenvalue weighted by Crippen LogP contribution is -2.51. The van der Waals surface area contributed by atoms with Gasteiger partial charge in [-0.15, -0.1) is 0 Å². The van der Waals surface area contributed by atoms with Crippen LogP contribution >= 0.6 is 0 Å². The second-order valence-electron chi connectivity index (χ2n) is 8.09. The van der Waals surface area contributed by atoms with Crippen LogP contribution in [-0.4, -0.2) is 46.6 Å². The van der Waals surface area contributed by atoms with Crippen molar-refractivity contribution in [1.29, 1.82) is 0 Å². The van der Waals surface area contributed by atoms with Crippen LogP contribution < -0.4 is 10.2 Å². The summed E-state index contributed by atoms with van der Waals surface area (Å²) in [4.78, 5) is 12.3. The molecule has 0 spiro atoms. The summed E-state index contributed by atoms with van der Waals surface area (Å²) in [6.45, 7) is 2.04. The minimum Gasteiger partial charge on any atom is -0.457 e. The number of hydrogen-bond acceptors (Lipinski definition) is 6. The van der Waals surface area contributed by atoms with Gasteiger partial charge in [0.1, 0.15) is 17.5 Å². The van der Waals surface area contributed by atoms with E-state index >= 15 is 0 Å². The maximum absolute atomic E-state index is 13.4. The van der Waals surface area contributed by atoms with Crippen LogP contribution in [0.25, 0.3) is 11.1 Å². The van der Waals surface area contributed by atoms with Crippen LogP contribution in [0.3, 0.4) is 0 Å². The number of aromatic amines is 1. The Balaban J connectivity index is 1.52. The number of carbonyl (C=O) groups is 1. The maximum Gasteiger partial charge on any atom is 0.262 e. The molecule has 3 aromatic rings. The van der Waals surface area contributed by atoms with E-state index < -0.39 is 22.0 Å². The SMILES string of the molecule is C[C@H]1CCCCN(S(=O)(=O)c2ccc(Oc3ccc(-c4cn[nH]c4)cc3)cc2)C1C(=O)NO. The molecule has 0 aliphatic carbocycles. The van der Waals surface area contributed by atoms with Gasteiger partial charge in [-0.2, -0.15) is 9.40 Å². The number of H-pyrrole nitrogens is 1. The zero-order valence-corrected chi connectivity index (χ0v) is 19.0. The molecule has 1 fully saturated rings. The van der Waals surface area contributed by atoms with Gasteiger partial charge in [-0.25, -0.2) is 13.9 Å². The van der Waals surface area contributed by atoms with E-state index in [-0.39, 0.29) is 17.4 Å². The average Bonchev–Trinajstić information content (AvgIpc) is 3.29. The number of carbonyl (C=O) groups excluding carboxylic acids is 1. The van der Waals surface area contributed by atoms with Gasteiger partial charge in [-0.05, 0) is 60.7 Å². The molecule has 9 nitrogen and oxygen atoms in total. The van der Waals surface area contributed by atoms with Crippen molar-refractivity contribution in [3.05, 3.63) is 60.9 Å². The molecule has 1 aromatic heterocycles. The van der Waals surface area contributed by atoms with Gasteiger partial charge in [0.15, 0.2) is 0 Å². The van der Waals surface area contributed by atoms with Gasteiger partial charge in [0, 0.05) is 18.3 Å². The Labute approximate surface area is 192 Å². The number of sulfonamides is 1. The van der Waals surface area contributed by atoms with E-state index in [1.54, 1.807) is 30.0 Å². The van der Waals surface area contributed by atoms with E-state index in [0.29, 0.717) is 24.3 Å². The van der Waals surface area contributed by atoms with Crippen molar-refractivity contribution in [1.82, 2.24) is 20.0 Å². The highest BCUT2D eigenvalue weighted by molar-refractivity contribution is 7.89. The van der Waals surface area contributed by atoms with Crippen LogP contribution in [0, 0.1) is 5.92 Å². The number of nitrogens with one attached hydrogen (secondary N) is 2. The fraction of sp³-hybridized carbons (Fsp3) is 0.304. The predicted molar refractivity (Wildman–Crippen MR) is 121 cm³/mol. The van der Waals surface area contributed by atoms with Crippen LogP contribution in [0.5, 0.6) is 11.5 Å². The summed E-state index contributed by atoms with van der Waals surface area (Å²) < 4.78 is 33.7. The van der Waals surface area contributed by atoms with Crippen molar-refractivity contribution in [2.75, 3.05) is 6.54 Å². The number of hydroxylamine groups is 1. The highest BCUT2D eigenvalue weighted by Crippen LogP contribution is 2.30. The molecule has 0 bridgehead atoms. The number of nitrogens with zero attached hydrogens (tertiary/aromatic N) is 2.